The van der Waals surface area contributed by atoms with E-state index >= 15 is 0 Å². The van der Waals surface area contributed by atoms with Crippen LogP contribution in [0.1, 0.15) is 17.1 Å². The fourth-order valence-corrected chi connectivity index (χ4v) is 2.08. The fraction of sp³-hybridized carbons (Fsp3) is 0.143. The second-order valence-electron chi connectivity index (χ2n) is 4.38. The van der Waals surface area contributed by atoms with Gasteiger partial charge in [-0.1, -0.05) is 0 Å². The van der Waals surface area contributed by atoms with Gasteiger partial charge in [-0.2, -0.15) is 0 Å². The standard InChI is InChI=1S/C14H13N3O2/c1-8-7-15-13(16-8)6-11-10-5-9(19-2)3-4-12(10)17-14(11)18/h3-7H,1-2H3,(H,15,16)(H,17,18)/b11-6-. The molecule has 1 aromatic heterocycles. The lowest BCUT2D eigenvalue weighted by Crippen LogP contribution is -2.03. The lowest BCUT2D eigenvalue weighted by atomic mass is 10.1. The molecule has 0 radical (unpaired) electrons. The number of H-pyrrole nitrogens is 1. The molecule has 0 atom stereocenters. The van der Waals surface area contributed by atoms with E-state index in [1.165, 1.54) is 0 Å². The summed E-state index contributed by atoms with van der Waals surface area (Å²) in [6, 6.07) is 5.49. The number of nitrogens with zero attached hydrogens (tertiary/aromatic N) is 1. The smallest absolute Gasteiger partial charge is 0.256 e. The molecule has 2 heterocycles. The van der Waals surface area contributed by atoms with Crippen LogP contribution in [0.5, 0.6) is 5.75 Å². The molecule has 1 aromatic carbocycles. The molecule has 96 valence electrons. The van der Waals surface area contributed by atoms with Gasteiger partial charge in [0.2, 0.25) is 0 Å². The Labute approximate surface area is 110 Å². The average Bonchev–Trinajstić information content (AvgIpc) is 2.94. The zero-order chi connectivity index (χ0) is 13.4. The maximum atomic E-state index is 12.0. The van der Waals surface area contributed by atoms with Crippen molar-refractivity contribution in [3.8, 4) is 5.75 Å². The summed E-state index contributed by atoms with van der Waals surface area (Å²) in [5.41, 5.74) is 3.16. The van der Waals surface area contributed by atoms with Gasteiger partial charge >= 0.3 is 0 Å². The Balaban J connectivity index is 2.08. The molecule has 0 aliphatic carbocycles. The summed E-state index contributed by atoms with van der Waals surface area (Å²) >= 11 is 0. The number of hydrogen-bond acceptors (Lipinski definition) is 3. The lowest BCUT2D eigenvalue weighted by Gasteiger charge is -2.02. The maximum absolute atomic E-state index is 12.0. The molecule has 5 heteroatoms. The number of anilines is 1. The number of imidazole rings is 1. The van der Waals surface area contributed by atoms with Crippen molar-refractivity contribution < 1.29 is 9.53 Å². The highest BCUT2D eigenvalue weighted by Crippen LogP contribution is 2.35. The summed E-state index contributed by atoms with van der Waals surface area (Å²) in [5, 5.41) is 2.82. The number of methoxy groups -OCH3 is 1. The first kappa shape index (κ1) is 11.5. The van der Waals surface area contributed by atoms with Gasteiger partial charge in [0.05, 0.1) is 12.7 Å². The Morgan fingerprint density at radius 1 is 1.37 bits per heavy atom. The predicted molar refractivity (Wildman–Crippen MR) is 72.8 cm³/mol. The summed E-state index contributed by atoms with van der Waals surface area (Å²) < 4.78 is 5.19. The molecule has 0 bridgehead atoms. The van der Waals surface area contributed by atoms with Crippen molar-refractivity contribution in [2.75, 3.05) is 12.4 Å². The number of nitrogens with one attached hydrogen (secondary N) is 2. The summed E-state index contributed by atoms with van der Waals surface area (Å²) in [4.78, 5) is 19.3. The Morgan fingerprint density at radius 2 is 2.21 bits per heavy atom. The molecule has 19 heavy (non-hydrogen) atoms. The number of aryl methyl sites for hydroxylation is 1. The summed E-state index contributed by atoms with van der Waals surface area (Å²) in [5.74, 6) is 1.26. The van der Waals surface area contributed by atoms with Gasteiger partial charge in [-0.15, -0.1) is 0 Å². The number of carbonyl (C=O) groups is 1. The highest BCUT2D eigenvalue weighted by atomic mass is 16.5. The Morgan fingerprint density at radius 3 is 2.89 bits per heavy atom. The number of hydrogen-bond donors (Lipinski definition) is 2. The number of amides is 1. The number of rotatable bonds is 2. The number of aromatic nitrogens is 2. The molecule has 0 spiro atoms. The van der Waals surface area contributed by atoms with Crippen molar-refractivity contribution in [2.45, 2.75) is 6.92 Å². The number of fused-ring (bicyclic) bond motifs is 1. The van der Waals surface area contributed by atoms with Gasteiger partial charge in [0.25, 0.3) is 5.91 Å². The third-order valence-corrected chi connectivity index (χ3v) is 3.01. The van der Waals surface area contributed by atoms with Crippen molar-refractivity contribution in [1.29, 1.82) is 0 Å². The molecule has 0 saturated heterocycles. The van der Waals surface area contributed by atoms with Crippen LogP contribution >= 0.6 is 0 Å². The van der Waals surface area contributed by atoms with Crippen LogP contribution in [0.25, 0.3) is 11.6 Å². The summed E-state index contributed by atoms with van der Waals surface area (Å²) in [6.45, 7) is 1.92. The van der Waals surface area contributed by atoms with Gasteiger partial charge in [0.15, 0.2) is 0 Å². The fourth-order valence-electron chi connectivity index (χ4n) is 2.08. The van der Waals surface area contributed by atoms with Gasteiger partial charge in [-0.05, 0) is 31.2 Å². The molecule has 1 amide bonds. The third-order valence-electron chi connectivity index (χ3n) is 3.01. The van der Waals surface area contributed by atoms with Crippen LogP contribution in [0.2, 0.25) is 0 Å². The van der Waals surface area contributed by atoms with Gasteiger partial charge in [-0.25, -0.2) is 4.98 Å². The van der Waals surface area contributed by atoms with Crippen molar-refractivity contribution >= 4 is 23.2 Å². The van der Waals surface area contributed by atoms with Crippen molar-refractivity contribution in [3.05, 3.63) is 41.5 Å². The van der Waals surface area contributed by atoms with E-state index < -0.39 is 0 Å². The molecule has 3 rings (SSSR count). The number of aromatic amines is 1. The highest BCUT2D eigenvalue weighted by molar-refractivity contribution is 6.34. The molecular weight excluding hydrogens is 242 g/mol. The lowest BCUT2D eigenvalue weighted by molar-refractivity contribution is -0.110. The summed E-state index contributed by atoms with van der Waals surface area (Å²) in [7, 11) is 1.60. The molecule has 2 aromatic rings. The van der Waals surface area contributed by atoms with E-state index in [-0.39, 0.29) is 5.91 Å². The molecule has 0 saturated carbocycles. The van der Waals surface area contributed by atoms with Crippen LogP contribution in [0.4, 0.5) is 5.69 Å². The molecule has 1 aliphatic rings. The van der Waals surface area contributed by atoms with Crippen molar-refractivity contribution in [1.82, 2.24) is 9.97 Å². The first-order chi connectivity index (χ1) is 9.17. The van der Waals surface area contributed by atoms with Crippen LogP contribution in [0.3, 0.4) is 0 Å². The van der Waals surface area contributed by atoms with E-state index in [9.17, 15) is 4.79 Å². The molecule has 5 nitrogen and oxygen atoms in total. The second kappa shape index (κ2) is 4.28. The minimum absolute atomic E-state index is 0.127. The highest BCUT2D eigenvalue weighted by Gasteiger charge is 2.24. The molecule has 2 N–H and O–H groups in total. The van der Waals surface area contributed by atoms with Gasteiger partial charge < -0.3 is 15.0 Å². The van der Waals surface area contributed by atoms with Crippen LogP contribution in [0.15, 0.2) is 24.4 Å². The molecule has 0 fully saturated rings. The van der Waals surface area contributed by atoms with Gasteiger partial charge in [0.1, 0.15) is 11.6 Å². The number of ether oxygens (including phenoxy) is 1. The minimum atomic E-state index is -0.127. The second-order valence-corrected chi connectivity index (χ2v) is 4.38. The van der Waals surface area contributed by atoms with E-state index in [1.54, 1.807) is 19.4 Å². The first-order valence-electron chi connectivity index (χ1n) is 5.90. The molecular formula is C14H13N3O2. The van der Waals surface area contributed by atoms with Crippen molar-refractivity contribution in [2.24, 2.45) is 0 Å². The van der Waals surface area contributed by atoms with E-state index in [4.69, 9.17) is 4.74 Å². The Bertz CT molecular complexity index is 686. The zero-order valence-electron chi connectivity index (χ0n) is 10.7. The SMILES string of the molecule is COc1ccc2c(c1)/C(=C/c1ncc(C)[nH]1)C(=O)N2. The monoisotopic (exact) mass is 255 g/mol. The first-order valence-corrected chi connectivity index (χ1v) is 5.90. The van der Waals surface area contributed by atoms with Crippen LogP contribution in [0, 0.1) is 6.92 Å². The Kier molecular flexibility index (Phi) is 2.59. The average molecular weight is 255 g/mol. The van der Waals surface area contributed by atoms with E-state index in [0.717, 1.165) is 22.7 Å². The topological polar surface area (TPSA) is 67.0 Å². The summed E-state index contributed by atoms with van der Waals surface area (Å²) in [6.07, 6.45) is 3.47. The van der Waals surface area contributed by atoms with Crippen LogP contribution < -0.4 is 10.1 Å². The largest absolute Gasteiger partial charge is 0.497 e. The van der Waals surface area contributed by atoms with Crippen LogP contribution in [-0.2, 0) is 4.79 Å². The normalized spacial score (nSPS) is 15.5. The molecule has 0 unspecified atom stereocenters. The van der Waals surface area contributed by atoms with Gasteiger partial charge in [0, 0.05) is 23.1 Å². The van der Waals surface area contributed by atoms with E-state index in [1.807, 2.05) is 25.1 Å². The van der Waals surface area contributed by atoms with E-state index in [2.05, 4.69) is 15.3 Å². The number of carbonyl (C=O) groups excluding carboxylic acids is 1. The quantitative estimate of drug-likeness (QED) is 0.808. The molecule has 1 aliphatic heterocycles. The zero-order valence-corrected chi connectivity index (χ0v) is 10.7. The van der Waals surface area contributed by atoms with Gasteiger partial charge in [-0.3, -0.25) is 4.79 Å². The Hall–Kier alpha value is -2.56. The van der Waals surface area contributed by atoms with E-state index in [0.29, 0.717) is 11.4 Å². The minimum Gasteiger partial charge on any atom is -0.497 e. The number of benzene rings is 1. The maximum Gasteiger partial charge on any atom is 0.256 e. The van der Waals surface area contributed by atoms with Crippen LogP contribution in [-0.4, -0.2) is 23.0 Å². The third kappa shape index (κ3) is 1.99. The predicted octanol–water partition coefficient (Wildman–Crippen LogP) is 2.22. The van der Waals surface area contributed by atoms with Crippen molar-refractivity contribution in [3.63, 3.8) is 0 Å².